The molecule has 0 aromatic heterocycles. The minimum Gasteiger partial charge on any atom is -0.493 e. The van der Waals surface area contributed by atoms with Gasteiger partial charge in [0.05, 0.1) is 19.3 Å². The van der Waals surface area contributed by atoms with E-state index in [-0.39, 0.29) is 18.8 Å². The maximum atomic E-state index is 12.8. The Morgan fingerprint density at radius 3 is 2.55 bits per heavy atom. The lowest BCUT2D eigenvalue weighted by atomic mass is 10.1. The van der Waals surface area contributed by atoms with E-state index in [9.17, 15) is 18.0 Å². The molecule has 0 spiro atoms. The second-order valence-corrected chi connectivity index (χ2v) is 5.79. The summed E-state index contributed by atoms with van der Waals surface area (Å²) >= 11 is 0. The van der Waals surface area contributed by atoms with Crippen molar-refractivity contribution in [3.8, 4) is 17.6 Å². The number of carbonyl (C=O) groups excluding carboxylic acids is 1. The van der Waals surface area contributed by atoms with Crippen molar-refractivity contribution in [1.29, 1.82) is 5.26 Å². The van der Waals surface area contributed by atoms with Crippen molar-refractivity contribution >= 4 is 12.0 Å². The van der Waals surface area contributed by atoms with Crippen molar-refractivity contribution in [2.75, 3.05) is 13.7 Å². The molecule has 0 N–H and O–H groups in total. The molecule has 0 unspecified atom stereocenters. The molecule has 0 aliphatic rings. The predicted molar refractivity (Wildman–Crippen MR) is 99.0 cm³/mol. The Kier molecular flexibility index (Phi) is 7.26. The monoisotopic (exact) mass is 405 g/mol. The first-order valence-corrected chi connectivity index (χ1v) is 8.54. The number of ether oxygens (including phenoxy) is 3. The zero-order valence-corrected chi connectivity index (χ0v) is 15.7. The van der Waals surface area contributed by atoms with Crippen LogP contribution in [0.3, 0.4) is 0 Å². The molecule has 2 aromatic rings. The Hall–Kier alpha value is -3.47. The third kappa shape index (κ3) is 6.01. The highest BCUT2D eigenvalue weighted by Crippen LogP contribution is 2.32. The van der Waals surface area contributed by atoms with Gasteiger partial charge in [0.15, 0.2) is 11.5 Å². The van der Waals surface area contributed by atoms with Crippen LogP contribution >= 0.6 is 0 Å². The number of halogens is 3. The van der Waals surface area contributed by atoms with Gasteiger partial charge in [0, 0.05) is 0 Å². The lowest BCUT2D eigenvalue weighted by molar-refractivity contribution is -0.138. The summed E-state index contributed by atoms with van der Waals surface area (Å²) in [7, 11) is 1.40. The molecule has 0 saturated heterocycles. The molecular formula is C21H18F3NO4. The van der Waals surface area contributed by atoms with Gasteiger partial charge in [-0.1, -0.05) is 18.2 Å². The molecule has 29 heavy (non-hydrogen) atoms. The number of carbonyl (C=O) groups is 1. The van der Waals surface area contributed by atoms with Crippen molar-refractivity contribution in [1.82, 2.24) is 0 Å². The molecule has 0 atom stereocenters. The van der Waals surface area contributed by atoms with Crippen LogP contribution in [0.25, 0.3) is 6.08 Å². The molecule has 0 radical (unpaired) electrons. The first kappa shape index (κ1) is 21.8. The number of benzene rings is 2. The van der Waals surface area contributed by atoms with E-state index in [4.69, 9.17) is 19.5 Å². The van der Waals surface area contributed by atoms with E-state index in [1.54, 1.807) is 25.1 Å². The Balaban J connectivity index is 2.19. The maximum absolute atomic E-state index is 12.8. The molecule has 0 aliphatic heterocycles. The standard InChI is InChI=1S/C21H18F3NO4/c1-3-28-20(26)16(12-25)9-14-7-8-18(19(11-14)27-2)29-13-15-5-4-6-17(10-15)21(22,23)24/h4-11H,3,13H2,1-2H3/b16-9+. The molecule has 8 heteroatoms. The van der Waals surface area contributed by atoms with Gasteiger partial charge in [0.2, 0.25) is 0 Å². The summed E-state index contributed by atoms with van der Waals surface area (Å²) in [6, 6.07) is 11.3. The van der Waals surface area contributed by atoms with E-state index in [1.165, 1.54) is 31.4 Å². The summed E-state index contributed by atoms with van der Waals surface area (Å²) in [6.07, 6.45) is -3.09. The van der Waals surface area contributed by atoms with Crippen LogP contribution in [0.1, 0.15) is 23.6 Å². The van der Waals surface area contributed by atoms with Gasteiger partial charge in [-0.2, -0.15) is 18.4 Å². The van der Waals surface area contributed by atoms with Gasteiger partial charge in [-0.05, 0) is 48.4 Å². The molecule has 0 saturated carbocycles. The van der Waals surface area contributed by atoms with Crippen LogP contribution in [-0.2, 0) is 22.3 Å². The Morgan fingerprint density at radius 1 is 1.17 bits per heavy atom. The van der Waals surface area contributed by atoms with Gasteiger partial charge in [-0.25, -0.2) is 4.79 Å². The quantitative estimate of drug-likeness (QED) is 0.377. The second kappa shape index (κ2) is 9.64. The molecular weight excluding hydrogens is 387 g/mol. The highest BCUT2D eigenvalue weighted by atomic mass is 19.4. The smallest absolute Gasteiger partial charge is 0.416 e. The Labute approximate surface area is 165 Å². The lowest BCUT2D eigenvalue weighted by Gasteiger charge is -2.13. The average Bonchev–Trinajstić information content (AvgIpc) is 2.70. The number of hydrogen-bond acceptors (Lipinski definition) is 5. The van der Waals surface area contributed by atoms with Crippen LogP contribution in [0.4, 0.5) is 13.2 Å². The van der Waals surface area contributed by atoms with Crippen molar-refractivity contribution in [3.05, 3.63) is 64.7 Å². The average molecular weight is 405 g/mol. The third-order valence-electron chi connectivity index (χ3n) is 3.76. The lowest BCUT2D eigenvalue weighted by Crippen LogP contribution is -2.06. The highest BCUT2D eigenvalue weighted by molar-refractivity contribution is 5.97. The third-order valence-corrected chi connectivity index (χ3v) is 3.76. The van der Waals surface area contributed by atoms with Gasteiger partial charge < -0.3 is 14.2 Å². The zero-order chi connectivity index (χ0) is 21.4. The number of nitrogens with zero attached hydrogens (tertiary/aromatic N) is 1. The van der Waals surface area contributed by atoms with Crippen LogP contribution in [-0.4, -0.2) is 19.7 Å². The van der Waals surface area contributed by atoms with Crippen LogP contribution < -0.4 is 9.47 Å². The number of alkyl halides is 3. The molecule has 0 amide bonds. The van der Waals surface area contributed by atoms with Gasteiger partial charge in [-0.3, -0.25) is 0 Å². The second-order valence-electron chi connectivity index (χ2n) is 5.79. The summed E-state index contributed by atoms with van der Waals surface area (Å²) in [5, 5.41) is 9.10. The van der Waals surface area contributed by atoms with Crippen LogP contribution in [0.2, 0.25) is 0 Å². The van der Waals surface area contributed by atoms with Gasteiger partial charge in [-0.15, -0.1) is 0 Å². The fraction of sp³-hybridized carbons (Fsp3) is 0.238. The Morgan fingerprint density at radius 2 is 1.93 bits per heavy atom. The normalized spacial score (nSPS) is 11.5. The summed E-state index contributed by atoms with van der Waals surface area (Å²) < 4.78 is 54.1. The predicted octanol–water partition coefficient (Wildman–Crippen LogP) is 4.76. The fourth-order valence-corrected chi connectivity index (χ4v) is 2.40. The summed E-state index contributed by atoms with van der Waals surface area (Å²) in [5.41, 5.74) is -0.0848. The molecule has 2 aromatic carbocycles. The molecule has 0 fully saturated rings. The van der Waals surface area contributed by atoms with E-state index in [0.717, 1.165) is 12.1 Å². The van der Waals surface area contributed by atoms with Crippen molar-refractivity contribution < 1.29 is 32.2 Å². The summed E-state index contributed by atoms with van der Waals surface area (Å²) in [6.45, 7) is 1.68. The first-order chi connectivity index (χ1) is 13.8. The molecule has 5 nitrogen and oxygen atoms in total. The summed E-state index contributed by atoms with van der Waals surface area (Å²) in [4.78, 5) is 11.7. The molecule has 152 valence electrons. The highest BCUT2D eigenvalue weighted by Gasteiger charge is 2.30. The zero-order valence-electron chi connectivity index (χ0n) is 15.7. The SMILES string of the molecule is CCOC(=O)/C(C#N)=C/c1ccc(OCc2cccc(C(F)(F)F)c2)c(OC)c1. The van der Waals surface area contributed by atoms with E-state index >= 15 is 0 Å². The van der Waals surface area contributed by atoms with Crippen molar-refractivity contribution in [2.45, 2.75) is 19.7 Å². The molecule has 0 heterocycles. The molecule has 2 rings (SSSR count). The van der Waals surface area contributed by atoms with E-state index in [2.05, 4.69) is 0 Å². The topological polar surface area (TPSA) is 68.6 Å². The number of nitriles is 1. The molecule has 0 aliphatic carbocycles. The minimum atomic E-state index is -4.43. The fourth-order valence-electron chi connectivity index (χ4n) is 2.40. The maximum Gasteiger partial charge on any atom is 0.416 e. The van der Waals surface area contributed by atoms with Crippen molar-refractivity contribution in [2.24, 2.45) is 0 Å². The van der Waals surface area contributed by atoms with E-state index in [1.807, 2.05) is 0 Å². The number of methoxy groups -OCH3 is 1. The van der Waals surface area contributed by atoms with E-state index < -0.39 is 17.7 Å². The van der Waals surface area contributed by atoms with Crippen LogP contribution in [0.5, 0.6) is 11.5 Å². The van der Waals surface area contributed by atoms with Gasteiger partial charge >= 0.3 is 12.1 Å². The summed E-state index contributed by atoms with van der Waals surface area (Å²) in [5.74, 6) is -0.137. The molecule has 0 bridgehead atoms. The van der Waals surface area contributed by atoms with Crippen LogP contribution in [0.15, 0.2) is 48.0 Å². The number of esters is 1. The minimum absolute atomic E-state index is 0.0955. The van der Waals surface area contributed by atoms with Crippen LogP contribution in [0, 0.1) is 11.3 Å². The first-order valence-electron chi connectivity index (χ1n) is 8.54. The van der Waals surface area contributed by atoms with E-state index in [0.29, 0.717) is 22.6 Å². The number of hydrogen-bond donors (Lipinski definition) is 0. The van der Waals surface area contributed by atoms with Gasteiger partial charge in [0.1, 0.15) is 18.2 Å². The Bertz CT molecular complexity index is 946. The van der Waals surface area contributed by atoms with Gasteiger partial charge in [0.25, 0.3) is 0 Å². The van der Waals surface area contributed by atoms with Crippen molar-refractivity contribution in [3.63, 3.8) is 0 Å². The number of rotatable bonds is 7. The largest absolute Gasteiger partial charge is 0.493 e.